The molecule has 0 spiro atoms. The number of carbonyl (C=O) groups is 4. The van der Waals surface area contributed by atoms with E-state index in [4.69, 9.17) is 4.74 Å². The first-order valence-electron chi connectivity index (χ1n) is 8.38. The highest BCUT2D eigenvalue weighted by Gasteiger charge is 2.31. The lowest BCUT2D eigenvalue weighted by atomic mass is 9.89. The van der Waals surface area contributed by atoms with Gasteiger partial charge in [-0.3, -0.25) is 14.4 Å². The molecule has 2 atom stereocenters. The second-order valence-electron chi connectivity index (χ2n) is 6.47. The van der Waals surface area contributed by atoms with Crippen LogP contribution in [0.1, 0.15) is 47.1 Å². The molecule has 0 aromatic heterocycles. The van der Waals surface area contributed by atoms with Gasteiger partial charge in [0.05, 0.1) is 24.8 Å². The van der Waals surface area contributed by atoms with Gasteiger partial charge in [0.15, 0.2) is 0 Å². The van der Waals surface area contributed by atoms with Gasteiger partial charge in [0, 0.05) is 5.56 Å². The van der Waals surface area contributed by atoms with Gasteiger partial charge in [-0.15, -0.1) is 0 Å². The van der Waals surface area contributed by atoms with E-state index >= 15 is 0 Å². The van der Waals surface area contributed by atoms with Crippen LogP contribution in [0, 0.1) is 12.8 Å². The van der Waals surface area contributed by atoms with Crippen LogP contribution in [0.5, 0.6) is 5.75 Å². The summed E-state index contributed by atoms with van der Waals surface area (Å²) in [5.41, 5.74) is 0.477. The van der Waals surface area contributed by atoms with Gasteiger partial charge in [-0.05, 0) is 44.5 Å². The molecule has 0 aliphatic carbocycles. The molecule has 1 amide bonds. The Morgan fingerprint density at radius 2 is 1.77 bits per heavy atom. The van der Waals surface area contributed by atoms with Gasteiger partial charge in [-0.2, -0.15) is 0 Å². The second-order valence-corrected chi connectivity index (χ2v) is 6.47. The van der Waals surface area contributed by atoms with Crippen molar-refractivity contribution in [2.24, 2.45) is 5.92 Å². The predicted molar refractivity (Wildman–Crippen MR) is 97.7 cm³/mol. The average Bonchev–Trinajstić information content (AvgIpc) is 2.60. The number of aldehydes is 1. The van der Waals surface area contributed by atoms with E-state index in [1.165, 1.54) is 20.1 Å². The third-order valence-corrected chi connectivity index (χ3v) is 4.06. The molecule has 0 fully saturated rings. The minimum absolute atomic E-state index is 0.00695. The lowest BCUT2D eigenvalue weighted by Gasteiger charge is -2.20. The quantitative estimate of drug-likeness (QED) is 0.390. The molecule has 1 rings (SSSR count). The minimum atomic E-state index is -0.748. The molecule has 0 aliphatic rings. The molecule has 0 unspecified atom stereocenters. The Morgan fingerprint density at radius 3 is 2.23 bits per heavy atom. The van der Waals surface area contributed by atoms with Crippen molar-refractivity contribution in [2.45, 2.75) is 39.8 Å². The van der Waals surface area contributed by atoms with E-state index in [-0.39, 0.29) is 17.0 Å². The lowest BCUT2D eigenvalue weighted by Crippen LogP contribution is -2.43. The number of rotatable bonds is 9. The molecule has 0 heterocycles. The summed E-state index contributed by atoms with van der Waals surface area (Å²) in [6.45, 7) is 6.80. The maximum Gasteiger partial charge on any atom is 0.252 e. The molecule has 1 aromatic rings. The van der Waals surface area contributed by atoms with Crippen LogP contribution >= 0.6 is 0 Å². The van der Waals surface area contributed by atoms with E-state index in [0.717, 1.165) is 0 Å². The molecule has 1 aromatic carbocycles. The number of hydrogen-bond donors (Lipinski definition) is 2. The first-order valence-corrected chi connectivity index (χ1v) is 8.38. The van der Waals surface area contributed by atoms with Crippen molar-refractivity contribution in [2.75, 3.05) is 14.2 Å². The number of ether oxygens (including phenoxy) is 1. The number of carbonyl (C=O) groups excluding carboxylic acids is 4. The van der Waals surface area contributed by atoms with Crippen molar-refractivity contribution in [3.63, 3.8) is 0 Å². The summed E-state index contributed by atoms with van der Waals surface area (Å²) in [5.74, 6) is -1.70. The van der Waals surface area contributed by atoms with Crippen molar-refractivity contribution < 1.29 is 23.9 Å². The van der Waals surface area contributed by atoms with Gasteiger partial charge in [0.1, 0.15) is 12.0 Å². The molecule has 142 valence electrons. The van der Waals surface area contributed by atoms with Crippen LogP contribution in [-0.2, 0) is 9.59 Å². The normalized spacial score (nSPS) is 13.0. The van der Waals surface area contributed by atoms with Crippen molar-refractivity contribution in [1.29, 1.82) is 0 Å². The number of benzene rings is 1. The Balaban J connectivity index is 3.44. The van der Waals surface area contributed by atoms with Crippen molar-refractivity contribution in [3.8, 4) is 5.75 Å². The van der Waals surface area contributed by atoms with E-state index in [1.807, 2.05) is 13.8 Å². The van der Waals surface area contributed by atoms with Gasteiger partial charge in [-0.1, -0.05) is 13.8 Å². The van der Waals surface area contributed by atoms with E-state index in [1.54, 1.807) is 20.0 Å². The molecule has 0 aliphatic heterocycles. The highest BCUT2D eigenvalue weighted by Crippen LogP contribution is 2.24. The molecule has 0 saturated carbocycles. The van der Waals surface area contributed by atoms with Crippen molar-refractivity contribution >= 4 is 23.8 Å². The van der Waals surface area contributed by atoms with Crippen molar-refractivity contribution in [3.05, 3.63) is 28.8 Å². The van der Waals surface area contributed by atoms with Crippen LogP contribution in [-0.4, -0.2) is 50.0 Å². The Kier molecular flexibility index (Phi) is 7.64. The lowest BCUT2D eigenvalue weighted by molar-refractivity contribution is -0.117. The SMILES string of the molecule is CN[C@H](C(=O)C(=O)c1c(C)cc(OC)cc1C(=O)N[C@@H](C)C=O)C(C)C. The first-order chi connectivity index (χ1) is 12.2. The van der Waals surface area contributed by atoms with E-state index in [9.17, 15) is 19.2 Å². The van der Waals surface area contributed by atoms with E-state index < -0.39 is 29.6 Å². The Hall–Kier alpha value is -2.54. The highest BCUT2D eigenvalue weighted by atomic mass is 16.5. The summed E-state index contributed by atoms with van der Waals surface area (Å²) in [7, 11) is 3.04. The molecule has 0 saturated heterocycles. The maximum atomic E-state index is 12.9. The summed E-state index contributed by atoms with van der Waals surface area (Å²) in [5, 5.41) is 5.32. The molecule has 26 heavy (non-hydrogen) atoms. The zero-order valence-corrected chi connectivity index (χ0v) is 16.0. The molecular formula is C19H26N2O5. The van der Waals surface area contributed by atoms with E-state index in [2.05, 4.69) is 10.6 Å². The Bertz CT molecular complexity index is 712. The predicted octanol–water partition coefficient (Wildman–Crippen LogP) is 1.32. The highest BCUT2D eigenvalue weighted by molar-refractivity contribution is 6.46. The van der Waals surface area contributed by atoms with Crippen LogP contribution < -0.4 is 15.4 Å². The largest absolute Gasteiger partial charge is 0.497 e. The third kappa shape index (κ3) is 4.76. The third-order valence-electron chi connectivity index (χ3n) is 4.06. The Labute approximate surface area is 153 Å². The fourth-order valence-electron chi connectivity index (χ4n) is 2.70. The molecular weight excluding hydrogens is 336 g/mol. The standard InChI is InChI=1S/C19H26N2O5/c1-10(2)16(20-5)18(24)17(23)15-11(3)7-13(26-6)8-14(15)19(25)21-12(4)9-22/h7-10,12,16,20H,1-6H3,(H,21,25)/t12-,16-/m0/s1. The van der Waals surface area contributed by atoms with Crippen LogP contribution in [0.2, 0.25) is 0 Å². The van der Waals surface area contributed by atoms with Crippen LogP contribution in [0.25, 0.3) is 0 Å². The molecule has 7 nitrogen and oxygen atoms in total. The molecule has 0 bridgehead atoms. The van der Waals surface area contributed by atoms with Crippen molar-refractivity contribution in [1.82, 2.24) is 10.6 Å². The monoisotopic (exact) mass is 362 g/mol. The minimum Gasteiger partial charge on any atom is -0.497 e. The number of amides is 1. The van der Waals surface area contributed by atoms with Gasteiger partial charge < -0.3 is 20.2 Å². The first kappa shape index (κ1) is 21.5. The fourth-order valence-corrected chi connectivity index (χ4v) is 2.70. The summed E-state index contributed by atoms with van der Waals surface area (Å²) in [6, 6.07) is 1.59. The zero-order chi connectivity index (χ0) is 20.0. The average molecular weight is 362 g/mol. The maximum absolute atomic E-state index is 12.9. The number of hydrogen-bond acceptors (Lipinski definition) is 6. The number of likely N-dealkylation sites (N-methyl/N-ethyl adjacent to an activating group) is 1. The summed E-state index contributed by atoms with van der Waals surface area (Å²) in [6.07, 6.45) is 0.577. The van der Waals surface area contributed by atoms with Gasteiger partial charge in [0.2, 0.25) is 11.6 Å². The molecule has 7 heteroatoms. The molecule has 0 radical (unpaired) electrons. The van der Waals surface area contributed by atoms with Crippen LogP contribution in [0.15, 0.2) is 12.1 Å². The summed E-state index contributed by atoms with van der Waals surface area (Å²) < 4.78 is 5.16. The van der Waals surface area contributed by atoms with Gasteiger partial charge in [0.25, 0.3) is 5.91 Å². The van der Waals surface area contributed by atoms with Crippen LogP contribution in [0.3, 0.4) is 0 Å². The number of methoxy groups -OCH3 is 1. The number of nitrogens with one attached hydrogen (secondary N) is 2. The van der Waals surface area contributed by atoms with Gasteiger partial charge >= 0.3 is 0 Å². The smallest absolute Gasteiger partial charge is 0.252 e. The zero-order valence-electron chi connectivity index (χ0n) is 16.0. The summed E-state index contributed by atoms with van der Waals surface area (Å²) >= 11 is 0. The Morgan fingerprint density at radius 1 is 1.15 bits per heavy atom. The number of Topliss-reactive ketones (excluding diaryl/α,β-unsaturated/α-hetero) is 2. The summed E-state index contributed by atoms with van der Waals surface area (Å²) in [4.78, 5) is 48.9. The van der Waals surface area contributed by atoms with Gasteiger partial charge in [-0.25, -0.2) is 0 Å². The topological polar surface area (TPSA) is 102 Å². The second kappa shape index (κ2) is 9.24. The fraction of sp³-hybridized carbons (Fsp3) is 0.474. The van der Waals surface area contributed by atoms with E-state index in [0.29, 0.717) is 17.6 Å². The van der Waals surface area contributed by atoms with Crippen LogP contribution in [0.4, 0.5) is 0 Å². The molecule has 2 N–H and O–H groups in total. The number of ketones is 2. The number of aryl methyl sites for hydroxylation is 1.